The van der Waals surface area contributed by atoms with Gasteiger partial charge in [-0.25, -0.2) is 0 Å². The molecule has 2 N–H and O–H groups in total. The van der Waals surface area contributed by atoms with Gasteiger partial charge in [0.05, 0.1) is 25.9 Å². The van der Waals surface area contributed by atoms with Gasteiger partial charge in [0.2, 0.25) is 0 Å². The molecule has 21 heavy (non-hydrogen) atoms. The third-order valence-corrected chi connectivity index (χ3v) is 3.01. The van der Waals surface area contributed by atoms with Gasteiger partial charge in [-0.2, -0.15) is 0 Å². The van der Waals surface area contributed by atoms with Gasteiger partial charge in [-0.05, 0) is 31.5 Å². The van der Waals surface area contributed by atoms with Gasteiger partial charge in [0.25, 0.3) is 0 Å². The highest BCUT2D eigenvalue weighted by Gasteiger charge is 2.13. The van der Waals surface area contributed by atoms with Crippen molar-refractivity contribution in [1.82, 2.24) is 5.32 Å². The maximum absolute atomic E-state index is 9.71. The molecule has 5 heteroatoms. The number of nitrogens with one attached hydrogen (secondary N) is 1. The highest BCUT2D eigenvalue weighted by atomic mass is 16.5. The van der Waals surface area contributed by atoms with Crippen LogP contribution >= 0.6 is 0 Å². The molecular formula is C16H27NO4. The highest BCUT2D eigenvalue weighted by molar-refractivity contribution is 5.42. The summed E-state index contributed by atoms with van der Waals surface area (Å²) in [6.07, 6.45) is 0.562. The van der Waals surface area contributed by atoms with Gasteiger partial charge < -0.3 is 24.6 Å². The van der Waals surface area contributed by atoms with Crippen LogP contribution in [0.3, 0.4) is 0 Å². The summed E-state index contributed by atoms with van der Waals surface area (Å²) in [5.74, 6) is 1.40. The van der Waals surface area contributed by atoms with Crippen LogP contribution in [0.2, 0.25) is 0 Å². The van der Waals surface area contributed by atoms with E-state index < -0.39 is 5.60 Å². The third kappa shape index (κ3) is 7.32. The van der Waals surface area contributed by atoms with E-state index in [0.29, 0.717) is 31.1 Å². The van der Waals surface area contributed by atoms with E-state index in [1.54, 1.807) is 28.1 Å². The summed E-state index contributed by atoms with van der Waals surface area (Å²) >= 11 is 0. The summed E-state index contributed by atoms with van der Waals surface area (Å²) in [7, 11) is 3.30. The van der Waals surface area contributed by atoms with E-state index in [-0.39, 0.29) is 0 Å². The molecule has 0 amide bonds. The summed E-state index contributed by atoms with van der Waals surface area (Å²) < 4.78 is 16.0. The van der Waals surface area contributed by atoms with Crippen molar-refractivity contribution >= 4 is 0 Å². The first-order valence-electron chi connectivity index (χ1n) is 7.18. The SMILES string of the molecule is COCCNCc1ccc(OC)c(OCCC(C)(C)O)c1. The van der Waals surface area contributed by atoms with Crippen molar-refractivity contribution in [3.63, 3.8) is 0 Å². The van der Waals surface area contributed by atoms with Crippen LogP contribution in [0, 0.1) is 0 Å². The van der Waals surface area contributed by atoms with Crippen LogP contribution in [0.4, 0.5) is 0 Å². The third-order valence-electron chi connectivity index (χ3n) is 3.01. The van der Waals surface area contributed by atoms with E-state index in [4.69, 9.17) is 14.2 Å². The minimum absolute atomic E-state index is 0.445. The Labute approximate surface area is 127 Å². The van der Waals surface area contributed by atoms with Crippen LogP contribution in [0.25, 0.3) is 0 Å². The number of hydrogen-bond acceptors (Lipinski definition) is 5. The van der Waals surface area contributed by atoms with Crippen molar-refractivity contribution < 1.29 is 19.3 Å². The number of methoxy groups -OCH3 is 2. The van der Waals surface area contributed by atoms with Gasteiger partial charge in [0.1, 0.15) is 0 Å². The Morgan fingerprint density at radius 2 is 1.90 bits per heavy atom. The summed E-state index contributed by atoms with van der Waals surface area (Å²) in [5.41, 5.74) is 0.386. The van der Waals surface area contributed by atoms with Crippen LogP contribution in [0.5, 0.6) is 11.5 Å². The lowest BCUT2D eigenvalue weighted by Gasteiger charge is -2.18. The molecule has 0 aliphatic carbocycles. The second-order valence-electron chi connectivity index (χ2n) is 5.57. The van der Waals surface area contributed by atoms with E-state index in [1.807, 2.05) is 18.2 Å². The van der Waals surface area contributed by atoms with Crippen molar-refractivity contribution in [2.75, 3.05) is 34.0 Å². The van der Waals surface area contributed by atoms with Crippen LogP contribution in [-0.4, -0.2) is 44.7 Å². The zero-order valence-corrected chi connectivity index (χ0v) is 13.4. The Hall–Kier alpha value is -1.30. The Morgan fingerprint density at radius 1 is 1.14 bits per heavy atom. The average molecular weight is 297 g/mol. The minimum atomic E-state index is -0.730. The van der Waals surface area contributed by atoms with Gasteiger partial charge >= 0.3 is 0 Å². The van der Waals surface area contributed by atoms with Crippen molar-refractivity contribution in [2.24, 2.45) is 0 Å². The molecule has 0 saturated carbocycles. The van der Waals surface area contributed by atoms with Crippen molar-refractivity contribution in [3.8, 4) is 11.5 Å². The molecule has 120 valence electrons. The summed E-state index contributed by atoms with van der Waals surface area (Å²) in [5, 5.41) is 13.0. The zero-order valence-electron chi connectivity index (χ0n) is 13.4. The van der Waals surface area contributed by atoms with Gasteiger partial charge in [0.15, 0.2) is 11.5 Å². The first kappa shape index (κ1) is 17.8. The fraction of sp³-hybridized carbons (Fsp3) is 0.625. The molecule has 0 saturated heterocycles. The molecule has 0 atom stereocenters. The van der Waals surface area contributed by atoms with E-state index in [9.17, 15) is 5.11 Å². The highest BCUT2D eigenvalue weighted by Crippen LogP contribution is 2.28. The topological polar surface area (TPSA) is 60.0 Å². The van der Waals surface area contributed by atoms with E-state index in [2.05, 4.69) is 5.32 Å². The number of aliphatic hydroxyl groups is 1. The minimum Gasteiger partial charge on any atom is -0.493 e. The largest absolute Gasteiger partial charge is 0.493 e. The summed E-state index contributed by atoms with van der Waals surface area (Å²) in [4.78, 5) is 0. The summed E-state index contributed by atoms with van der Waals surface area (Å²) in [6, 6.07) is 5.86. The Bertz CT molecular complexity index is 415. The zero-order chi connectivity index (χ0) is 15.7. The van der Waals surface area contributed by atoms with Crippen LogP contribution < -0.4 is 14.8 Å². The molecule has 0 aromatic heterocycles. The molecule has 0 spiro atoms. The molecule has 0 bridgehead atoms. The standard InChI is InChI=1S/C16H27NO4/c1-16(2,18)7-9-21-15-11-13(5-6-14(15)20-4)12-17-8-10-19-3/h5-6,11,17-18H,7-10,12H2,1-4H3. The van der Waals surface area contributed by atoms with Gasteiger partial charge in [-0.15, -0.1) is 0 Å². The smallest absolute Gasteiger partial charge is 0.161 e. The second kappa shape index (κ2) is 8.87. The van der Waals surface area contributed by atoms with Gasteiger partial charge in [-0.1, -0.05) is 6.07 Å². The fourth-order valence-corrected chi connectivity index (χ4v) is 1.76. The molecule has 0 unspecified atom stereocenters. The molecular weight excluding hydrogens is 270 g/mol. The Kier molecular flexibility index (Phi) is 7.50. The van der Waals surface area contributed by atoms with Crippen LogP contribution in [-0.2, 0) is 11.3 Å². The maximum Gasteiger partial charge on any atom is 0.161 e. The second-order valence-corrected chi connectivity index (χ2v) is 5.57. The lowest BCUT2D eigenvalue weighted by atomic mass is 10.1. The van der Waals surface area contributed by atoms with Crippen LogP contribution in [0.1, 0.15) is 25.8 Å². The lowest BCUT2D eigenvalue weighted by molar-refractivity contribution is 0.0549. The number of benzene rings is 1. The van der Waals surface area contributed by atoms with Gasteiger partial charge in [-0.3, -0.25) is 0 Å². The average Bonchev–Trinajstić information content (AvgIpc) is 2.42. The molecule has 1 aromatic carbocycles. The monoisotopic (exact) mass is 297 g/mol. The number of rotatable bonds is 10. The molecule has 0 aliphatic rings. The molecule has 5 nitrogen and oxygen atoms in total. The molecule has 0 fully saturated rings. The molecule has 0 heterocycles. The Balaban J connectivity index is 2.58. The summed E-state index contributed by atoms with van der Waals surface area (Å²) in [6.45, 7) is 6.21. The molecule has 1 rings (SSSR count). The molecule has 0 radical (unpaired) electrons. The van der Waals surface area contributed by atoms with Gasteiger partial charge in [0, 0.05) is 26.6 Å². The molecule has 0 aliphatic heterocycles. The van der Waals surface area contributed by atoms with Crippen LogP contribution in [0.15, 0.2) is 18.2 Å². The predicted octanol–water partition coefficient (Wildman–Crippen LogP) is 1.97. The fourth-order valence-electron chi connectivity index (χ4n) is 1.76. The maximum atomic E-state index is 9.71. The Morgan fingerprint density at radius 3 is 2.52 bits per heavy atom. The van der Waals surface area contributed by atoms with E-state index in [0.717, 1.165) is 18.7 Å². The normalized spacial score (nSPS) is 11.5. The first-order valence-corrected chi connectivity index (χ1v) is 7.18. The van der Waals surface area contributed by atoms with Crippen molar-refractivity contribution in [2.45, 2.75) is 32.4 Å². The predicted molar refractivity (Wildman–Crippen MR) is 83.0 cm³/mol. The first-order chi connectivity index (χ1) is 9.96. The van der Waals surface area contributed by atoms with E-state index >= 15 is 0 Å². The van der Waals surface area contributed by atoms with E-state index in [1.165, 1.54) is 0 Å². The van der Waals surface area contributed by atoms with Crippen molar-refractivity contribution in [3.05, 3.63) is 23.8 Å². The van der Waals surface area contributed by atoms with Crippen molar-refractivity contribution in [1.29, 1.82) is 0 Å². The number of hydrogen-bond donors (Lipinski definition) is 2. The molecule has 1 aromatic rings. The quantitative estimate of drug-likeness (QED) is 0.647. The number of ether oxygens (including phenoxy) is 3. The lowest BCUT2D eigenvalue weighted by Crippen LogP contribution is -2.22.